The van der Waals surface area contributed by atoms with E-state index in [-0.39, 0.29) is 18.7 Å². The maximum absolute atomic E-state index is 16.2. The van der Waals surface area contributed by atoms with Crippen LogP contribution in [0.5, 0.6) is 5.75 Å². The van der Waals surface area contributed by atoms with Crippen LogP contribution < -0.4 is 14.9 Å². The molecule has 6 atom stereocenters. The van der Waals surface area contributed by atoms with E-state index in [1.807, 2.05) is 0 Å². The van der Waals surface area contributed by atoms with E-state index in [0.717, 1.165) is 11.8 Å². The molecule has 0 radical (unpaired) electrons. The number of carbonyl (C=O) groups is 3. The van der Waals surface area contributed by atoms with Gasteiger partial charge in [-0.15, -0.1) is 0 Å². The molecule has 0 unspecified atom stereocenters. The van der Waals surface area contributed by atoms with Gasteiger partial charge >= 0.3 is 19.7 Å². The van der Waals surface area contributed by atoms with Crippen LogP contribution in [0.15, 0.2) is 30.3 Å². The zero-order chi connectivity index (χ0) is 26.7. The number of amides is 3. The molecule has 0 aliphatic carbocycles. The molecule has 0 bridgehead atoms. The fourth-order valence-corrected chi connectivity index (χ4v) is 5.61. The monoisotopic (exact) mass is 531 g/mol. The van der Waals surface area contributed by atoms with Crippen LogP contribution in [0.1, 0.15) is 34.1 Å². The van der Waals surface area contributed by atoms with Crippen molar-refractivity contribution in [1.29, 1.82) is 0 Å². The van der Waals surface area contributed by atoms with Crippen LogP contribution in [-0.4, -0.2) is 77.3 Å². The number of halogens is 1. The molecule has 200 valence electrons. The minimum absolute atomic E-state index is 0.0797. The maximum Gasteiger partial charge on any atom is 0.459 e. The standard InChI is InChI=1S/C22H31FN3O9P/c1-13(2)32-19(29)14(3)25-36(31,34-15-8-6-5-7-9-15)35-18-16(12-27)33-20(22(18,4)23)26-11-10-17(28)24-21(26)30/h5-9,13-14,16,18,20,27H,10-12H2,1-4H3,(H,25,31)(H,24,28,30)/t14-,16+,18+,20+,22+,36+/m0/s1. The lowest BCUT2D eigenvalue weighted by Gasteiger charge is -2.37. The van der Waals surface area contributed by atoms with E-state index < -0.39 is 68.5 Å². The minimum atomic E-state index is -4.52. The first-order valence-electron chi connectivity index (χ1n) is 11.4. The van der Waals surface area contributed by atoms with Crippen LogP contribution in [0.4, 0.5) is 9.18 Å². The molecule has 2 saturated heterocycles. The first kappa shape index (κ1) is 28.0. The molecule has 3 rings (SSSR count). The van der Waals surface area contributed by atoms with Crippen molar-refractivity contribution in [3.8, 4) is 5.75 Å². The predicted octanol–water partition coefficient (Wildman–Crippen LogP) is 1.88. The molecule has 1 aromatic rings. The molecule has 2 heterocycles. The number of benzene rings is 1. The Balaban J connectivity index is 1.89. The second-order valence-corrected chi connectivity index (χ2v) is 10.6. The second-order valence-electron chi connectivity index (χ2n) is 8.92. The summed E-state index contributed by atoms with van der Waals surface area (Å²) in [6.07, 6.45) is -5.15. The largest absolute Gasteiger partial charge is 0.462 e. The Kier molecular flexibility index (Phi) is 8.73. The fourth-order valence-electron chi connectivity index (χ4n) is 3.83. The first-order valence-corrected chi connectivity index (χ1v) is 13.0. The molecule has 14 heteroatoms. The molecule has 36 heavy (non-hydrogen) atoms. The van der Waals surface area contributed by atoms with Gasteiger partial charge in [0.2, 0.25) is 5.91 Å². The summed E-state index contributed by atoms with van der Waals surface area (Å²) in [5.74, 6) is -1.17. The Labute approximate surface area is 208 Å². The number of para-hydroxylation sites is 1. The molecule has 1 aromatic carbocycles. The van der Waals surface area contributed by atoms with Crippen LogP contribution in [0.25, 0.3) is 0 Å². The lowest BCUT2D eigenvalue weighted by atomic mass is 9.97. The molecule has 3 amide bonds. The number of imide groups is 1. The second kappa shape index (κ2) is 11.2. The van der Waals surface area contributed by atoms with Crippen LogP contribution in [0.3, 0.4) is 0 Å². The van der Waals surface area contributed by atoms with E-state index in [9.17, 15) is 24.1 Å². The van der Waals surface area contributed by atoms with Crippen molar-refractivity contribution in [2.45, 2.75) is 70.4 Å². The van der Waals surface area contributed by atoms with Gasteiger partial charge in [0.25, 0.3) is 0 Å². The molecule has 0 aromatic heterocycles. The van der Waals surface area contributed by atoms with Crippen molar-refractivity contribution >= 4 is 25.7 Å². The number of aliphatic hydroxyl groups is 1. The van der Waals surface area contributed by atoms with Crippen molar-refractivity contribution in [2.24, 2.45) is 0 Å². The highest BCUT2D eigenvalue weighted by Gasteiger charge is 2.61. The summed E-state index contributed by atoms with van der Waals surface area (Å²) in [5.41, 5.74) is -2.51. The van der Waals surface area contributed by atoms with Gasteiger partial charge < -0.3 is 19.1 Å². The number of hydrogen-bond donors (Lipinski definition) is 3. The number of alkyl halides is 1. The molecule has 2 aliphatic rings. The molecule has 3 N–H and O–H groups in total. The average molecular weight is 531 g/mol. The number of nitrogens with one attached hydrogen (secondary N) is 2. The third-order valence-electron chi connectivity index (χ3n) is 5.51. The summed E-state index contributed by atoms with van der Waals surface area (Å²) in [6.45, 7) is 4.84. The molecule has 0 saturated carbocycles. The van der Waals surface area contributed by atoms with E-state index in [0.29, 0.717) is 0 Å². The Hall–Kier alpha value is -2.57. The SMILES string of the molecule is CC(C)OC(=O)[C@H](C)N[P@@](=O)(Oc1ccccc1)O[C@@H]1[C@@H](CO)O[C@@H](N2CCC(=O)NC2=O)[C@]1(C)F. The zero-order valence-corrected chi connectivity index (χ0v) is 21.3. The van der Waals surface area contributed by atoms with Crippen molar-refractivity contribution < 1.29 is 47.0 Å². The van der Waals surface area contributed by atoms with Crippen LogP contribution in [-0.2, 0) is 28.2 Å². The lowest BCUT2D eigenvalue weighted by molar-refractivity contribution is -0.149. The summed E-state index contributed by atoms with van der Waals surface area (Å²) in [6, 6.07) is 5.82. The summed E-state index contributed by atoms with van der Waals surface area (Å²) in [4.78, 5) is 37.1. The summed E-state index contributed by atoms with van der Waals surface area (Å²) < 4.78 is 52.0. The number of hydrogen-bond acceptors (Lipinski definition) is 9. The van der Waals surface area contributed by atoms with Gasteiger partial charge in [0.1, 0.15) is 24.0 Å². The highest BCUT2D eigenvalue weighted by atomic mass is 31.2. The van der Waals surface area contributed by atoms with Gasteiger partial charge in [-0.2, -0.15) is 5.09 Å². The third-order valence-corrected chi connectivity index (χ3v) is 7.17. The Morgan fingerprint density at radius 2 is 2.00 bits per heavy atom. The first-order chi connectivity index (χ1) is 16.9. The Morgan fingerprint density at radius 1 is 1.33 bits per heavy atom. The fraction of sp³-hybridized carbons (Fsp3) is 0.591. The minimum Gasteiger partial charge on any atom is -0.462 e. The van der Waals surface area contributed by atoms with Gasteiger partial charge in [-0.05, 0) is 39.8 Å². The molecular formula is C22H31FN3O9P. The third kappa shape index (κ3) is 6.40. The molecule has 12 nitrogen and oxygen atoms in total. The number of carbonyl (C=O) groups excluding carboxylic acids is 3. The Morgan fingerprint density at radius 3 is 2.58 bits per heavy atom. The van der Waals surface area contributed by atoms with Crippen LogP contribution in [0, 0.1) is 0 Å². The number of ether oxygens (including phenoxy) is 2. The van der Waals surface area contributed by atoms with Gasteiger partial charge in [-0.1, -0.05) is 18.2 Å². The van der Waals surface area contributed by atoms with E-state index >= 15 is 4.39 Å². The topological polar surface area (TPSA) is 153 Å². The summed E-state index contributed by atoms with van der Waals surface area (Å²) in [7, 11) is -4.52. The van der Waals surface area contributed by atoms with Crippen molar-refractivity contribution in [2.75, 3.05) is 13.2 Å². The Bertz CT molecular complexity index is 1010. The van der Waals surface area contributed by atoms with Gasteiger partial charge in [-0.25, -0.2) is 13.8 Å². The normalized spacial score (nSPS) is 29.0. The highest BCUT2D eigenvalue weighted by Crippen LogP contribution is 2.51. The predicted molar refractivity (Wildman–Crippen MR) is 123 cm³/mol. The summed E-state index contributed by atoms with van der Waals surface area (Å²) in [5, 5.41) is 14.4. The van der Waals surface area contributed by atoms with E-state index in [1.165, 1.54) is 19.1 Å². The zero-order valence-electron chi connectivity index (χ0n) is 20.4. The number of rotatable bonds is 10. The smallest absolute Gasteiger partial charge is 0.459 e. The number of nitrogens with zero attached hydrogens (tertiary/aromatic N) is 1. The molecule has 0 spiro atoms. The van der Waals surface area contributed by atoms with Crippen LogP contribution >= 0.6 is 7.75 Å². The highest BCUT2D eigenvalue weighted by molar-refractivity contribution is 7.52. The van der Waals surface area contributed by atoms with Crippen molar-refractivity contribution in [3.63, 3.8) is 0 Å². The molecule has 2 aliphatic heterocycles. The van der Waals surface area contributed by atoms with Gasteiger partial charge in [0.15, 0.2) is 11.9 Å². The lowest BCUT2D eigenvalue weighted by Crippen LogP contribution is -2.59. The van der Waals surface area contributed by atoms with Gasteiger partial charge in [-0.3, -0.25) is 24.3 Å². The van der Waals surface area contributed by atoms with E-state index in [4.69, 9.17) is 18.5 Å². The number of aliphatic hydroxyl groups excluding tert-OH is 1. The molecular weight excluding hydrogens is 500 g/mol. The van der Waals surface area contributed by atoms with E-state index in [1.54, 1.807) is 32.0 Å². The van der Waals surface area contributed by atoms with Crippen molar-refractivity contribution in [1.82, 2.24) is 15.3 Å². The average Bonchev–Trinajstić information content (AvgIpc) is 3.03. The van der Waals surface area contributed by atoms with Gasteiger partial charge in [0.05, 0.1) is 12.7 Å². The van der Waals surface area contributed by atoms with Gasteiger partial charge in [0, 0.05) is 13.0 Å². The molecule has 2 fully saturated rings. The summed E-state index contributed by atoms with van der Waals surface area (Å²) >= 11 is 0. The number of urea groups is 1. The van der Waals surface area contributed by atoms with Crippen molar-refractivity contribution in [3.05, 3.63) is 30.3 Å². The van der Waals surface area contributed by atoms with Crippen LogP contribution in [0.2, 0.25) is 0 Å². The maximum atomic E-state index is 16.2. The quantitative estimate of drug-likeness (QED) is 0.301. The number of esters is 1. The van der Waals surface area contributed by atoms with E-state index in [2.05, 4.69) is 10.4 Å².